The standard InChI is InChI=1S/C6H13O4P/c1-3-4-5-6(2)10-11(7,8)9/h2-5H2,1H3,(H2,7,8,9). The molecule has 0 spiro atoms. The molecule has 0 saturated carbocycles. The van der Waals surface area contributed by atoms with Gasteiger partial charge in [0.15, 0.2) is 0 Å². The fourth-order valence-corrected chi connectivity index (χ4v) is 1.02. The highest BCUT2D eigenvalue weighted by Gasteiger charge is 2.15. The normalized spacial score (nSPS) is 11.2. The van der Waals surface area contributed by atoms with Gasteiger partial charge in [-0.25, -0.2) is 4.57 Å². The Morgan fingerprint density at radius 2 is 2.18 bits per heavy atom. The van der Waals surface area contributed by atoms with Crippen LogP contribution in [0.25, 0.3) is 0 Å². The predicted molar refractivity (Wildman–Crippen MR) is 41.8 cm³/mol. The highest BCUT2D eigenvalue weighted by molar-refractivity contribution is 7.46. The van der Waals surface area contributed by atoms with E-state index in [2.05, 4.69) is 11.1 Å². The first kappa shape index (κ1) is 10.7. The van der Waals surface area contributed by atoms with Gasteiger partial charge in [-0.15, -0.1) is 0 Å². The maximum Gasteiger partial charge on any atom is 0.524 e. The first-order valence-electron chi connectivity index (χ1n) is 3.38. The highest BCUT2D eigenvalue weighted by Crippen LogP contribution is 2.39. The van der Waals surface area contributed by atoms with E-state index in [0.29, 0.717) is 6.42 Å². The fraction of sp³-hybridized carbons (Fsp3) is 0.667. The number of rotatable bonds is 5. The summed E-state index contributed by atoms with van der Waals surface area (Å²) in [6.45, 7) is 5.34. The summed E-state index contributed by atoms with van der Waals surface area (Å²) < 4.78 is 14.4. The first-order chi connectivity index (χ1) is 4.95. The summed E-state index contributed by atoms with van der Waals surface area (Å²) in [6, 6.07) is 0. The van der Waals surface area contributed by atoms with E-state index in [1.807, 2.05) is 6.92 Å². The third-order valence-electron chi connectivity index (χ3n) is 1.06. The molecule has 2 N–H and O–H groups in total. The van der Waals surface area contributed by atoms with Crippen LogP contribution in [-0.2, 0) is 9.09 Å². The Bertz CT molecular complexity index is 171. The lowest BCUT2D eigenvalue weighted by atomic mass is 10.2. The maximum absolute atomic E-state index is 10.2. The van der Waals surface area contributed by atoms with Gasteiger partial charge in [-0.3, -0.25) is 9.79 Å². The molecule has 0 fully saturated rings. The van der Waals surface area contributed by atoms with Crippen LogP contribution in [-0.4, -0.2) is 9.79 Å². The molecule has 0 bridgehead atoms. The van der Waals surface area contributed by atoms with Crippen molar-refractivity contribution in [3.05, 3.63) is 12.3 Å². The van der Waals surface area contributed by atoms with Gasteiger partial charge in [0, 0.05) is 6.42 Å². The Hall–Kier alpha value is -0.310. The molecule has 0 aromatic rings. The smallest absolute Gasteiger partial charge is 0.409 e. The molecule has 11 heavy (non-hydrogen) atoms. The minimum Gasteiger partial charge on any atom is -0.409 e. The Morgan fingerprint density at radius 1 is 1.64 bits per heavy atom. The molecule has 0 aliphatic rings. The average molecular weight is 180 g/mol. The second-order valence-corrected chi connectivity index (χ2v) is 3.39. The molecule has 0 rings (SSSR count). The summed E-state index contributed by atoms with van der Waals surface area (Å²) in [5, 5.41) is 0. The van der Waals surface area contributed by atoms with Crippen molar-refractivity contribution in [3.63, 3.8) is 0 Å². The Balaban J connectivity index is 3.62. The lowest BCUT2D eigenvalue weighted by Crippen LogP contribution is -1.88. The first-order valence-corrected chi connectivity index (χ1v) is 4.91. The van der Waals surface area contributed by atoms with Crippen molar-refractivity contribution in [1.82, 2.24) is 0 Å². The average Bonchev–Trinajstić information content (AvgIpc) is 1.79. The molecule has 0 aromatic heterocycles. The molecule has 0 heterocycles. The fourth-order valence-electron chi connectivity index (χ4n) is 0.588. The van der Waals surface area contributed by atoms with Gasteiger partial charge in [0.1, 0.15) is 5.76 Å². The molecule has 0 saturated heterocycles. The van der Waals surface area contributed by atoms with E-state index < -0.39 is 7.82 Å². The second kappa shape index (κ2) is 4.54. The van der Waals surface area contributed by atoms with Crippen molar-refractivity contribution < 1.29 is 18.9 Å². The lowest BCUT2D eigenvalue weighted by Gasteiger charge is -2.07. The number of unbranched alkanes of at least 4 members (excludes halogenated alkanes) is 1. The zero-order valence-corrected chi connectivity index (χ0v) is 7.38. The zero-order chi connectivity index (χ0) is 8.91. The number of hydrogen-bond acceptors (Lipinski definition) is 2. The van der Waals surface area contributed by atoms with Crippen LogP contribution < -0.4 is 0 Å². The van der Waals surface area contributed by atoms with Gasteiger partial charge in [-0.1, -0.05) is 19.9 Å². The molecule has 0 aromatic carbocycles. The van der Waals surface area contributed by atoms with Gasteiger partial charge in [-0.2, -0.15) is 0 Å². The van der Waals surface area contributed by atoms with Gasteiger partial charge in [-0.05, 0) is 6.42 Å². The largest absolute Gasteiger partial charge is 0.524 e. The SMILES string of the molecule is C=C(CCCC)OP(=O)(O)O. The Morgan fingerprint density at radius 3 is 2.55 bits per heavy atom. The van der Waals surface area contributed by atoms with Crippen LogP contribution in [0.4, 0.5) is 0 Å². The molecule has 4 nitrogen and oxygen atoms in total. The van der Waals surface area contributed by atoms with Crippen molar-refractivity contribution in [3.8, 4) is 0 Å². The van der Waals surface area contributed by atoms with Crippen molar-refractivity contribution in [2.24, 2.45) is 0 Å². The number of phosphoric acid groups is 1. The van der Waals surface area contributed by atoms with Crippen molar-refractivity contribution in [1.29, 1.82) is 0 Å². The summed E-state index contributed by atoms with van der Waals surface area (Å²) in [7, 11) is -4.36. The number of hydrogen-bond donors (Lipinski definition) is 2. The molecule has 5 heteroatoms. The molecule has 0 aliphatic carbocycles. The maximum atomic E-state index is 10.2. The zero-order valence-electron chi connectivity index (χ0n) is 6.49. The summed E-state index contributed by atoms with van der Waals surface area (Å²) in [4.78, 5) is 16.6. The number of allylic oxidation sites excluding steroid dienone is 1. The van der Waals surface area contributed by atoms with Gasteiger partial charge in [0.25, 0.3) is 0 Å². The van der Waals surface area contributed by atoms with Gasteiger partial charge >= 0.3 is 7.82 Å². The monoisotopic (exact) mass is 180 g/mol. The summed E-state index contributed by atoms with van der Waals surface area (Å²) >= 11 is 0. The molecular weight excluding hydrogens is 167 g/mol. The second-order valence-electron chi connectivity index (χ2n) is 2.22. The molecular formula is C6H13O4P. The highest BCUT2D eigenvalue weighted by atomic mass is 31.2. The topological polar surface area (TPSA) is 66.8 Å². The van der Waals surface area contributed by atoms with E-state index in [4.69, 9.17) is 9.79 Å². The van der Waals surface area contributed by atoms with Crippen LogP contribution in [0, 0.1) is 0 Å². The van der Waals surface area contributed by atoms with E-state index >= 15 is 0 Å². The molecule has 0 aliphatic heterocycles. The lowest BCUT2D eigenvalue weighted by molar-refractivity contribution is 0.236. The van der Waals surface area contributed by atoms with Crippen LogP contribution in [0.15, 0.2) is 12.3 Å². The van der Waals surface area contributed by atoms with Crippen molar-refractivity contribution in [2.45, 2.75) is 26.2 Å². The quantitative estimate of drug-likeness (QED) is 0.500. The summed E-state index contributed by atoms with van der Waals surface area (Å²) in [5.74, 6) is 0.153. The summed E-state index contributed by atoms with van der Waals surface area (Å²) in [6.07, 6.45) is 2.28. The molecule has 0 amide bonds. The molecule has 66 valence electrons. The minimum atomic E-state index is -4.36. The number of phosphoric ester groups is 1. The van der Waals surface area contributed by atoms with E-state index in [-0.39, 0.29) is 5.76 Å². The molecule has 0 radical (unpaired) electrons. The van der Waals surface area contributed by atoms with Crippen LogP contribution >= 0.6 is 7.82 Å². The third kappa shape index (κ3) is 7.59. The van der Waals surface area contributed by atoms with Gasteiger partial charge in [0.2, 0.25) is 0 Å². The van der Waals surface area contributed by atoms with Gasteiger partial charge in [0.05, 0.1) is 0 Å². The Kier molecular flexibility index (Phi) is 4.42. The molecule has 0 unspecified atom stereocenters. The minimum absolute atomic E-state index is 0.153. The van der Waals surface area contributed by atoms with Crippen LogP contribution in [0.5, 0.6) is 0 Å². The summed E-state index contributed by atoms with van der Waals surface area (Å²) in [5.41, 5.74) is 0. The third-order valence-corrected chi connectivity index (χ3v) is 1.55. The predicted octanol–water partition coefficient (Wildman–Crippen LogP) is 1.80. The van der Waals surface area contributed by atoms with Crippen molar-refractivity contribution >= 4 is 7.82 Å². The van der Waals surface area contributed by atoms with Crippen molar-refractivity contribution in [2.75, 3.05) is 0 Å². The van der Waals surface area contributed by atoms with Crippen LogP contribution in [0.2, 0.25) is 0 Å². The van der Waals surface area contributed by atoms with Gasteiger partial charge < -0.3 is 4.52 Å². The van der Waals surface area contributed by atoms with E-state index in [1.165, 1.54) is 0 Å². The molecule has 0 atom stereocenters. The van der Waals surface area contributed by atoms with Crippen LogP contribution in [0.1, 0.15) is 26.2 Å². The van der Waals surface area contributed by atoms with Crippen LogP contribution in [0.3, 0.4) is 0 Å². The Labute approximate surface area is 66.1 Å². The van der Waals surface area contributed by atoms with E-state index in [1.54, 1.807) is 0 Å². The van der Waals surface area contributed by atoms with E-state index in [0.717, 1.165) is 12.8 Å². The van der Waals surface area contributed by atoms with E-state index in [9.17, 15) is 4.57 Å².